The molecule has 2 unspecified atom stereocenters. The monoisotopic (exact) mass is 414 g/mol. The number of carbonyl (C=O) groups excluding carboxylic acids is 1. The number of anilines is 1. The van der Waals surface area contributed by atoms with Gasteiger partial charge in [-0.3, -0.25) is 9.10 Å². The normalized spacial score (nSPS) is 23.0. The predicted octanol–water partition coefficient (Wildman–Crippen LogP) is 3.44. The number of nitrogens with zero attached hydrogens (tertiary/aromatic N) is 1. The zero-order valence-corrected chi connectivity index (χ0v) is 17.5. The Balaban J connectivity index is 1.51. The molecule has 7 heteroatoms. The van der Waals surface area contributed by atoms with E-state index < -0.39 is 10.0 Å². The maximum Gasteiger partial charge on any atom is 0.264 e. The summed E-state index contributed by atoms with van der Waals surface area (Å²) >= 11 is 0. The zero-order chi connectivity index (χ0) is 20.6. The Hall–Kier alpha value is -2.54. The molecule has 0 heterocycles. The standard InChI is InChI=1S/C22H26N2O4S/c1-24(29(26,27)20-10-8-19(28-2)9-11-20)18-5-3-4-17(14-18)22(25)23-21-13-15-6-7-16(21)12-15/h3-5,8-11,14-16,21H,6-7,12-13H2,1-2H3,(H,23,25)/t15?,16?,21-/m1/s1. The van der Waals surface area contributed by atoms with E-state index in [4.69, 9.17) is 4.74 Å². The van der Waals surface area contributed by atoms with Crippen LogP contribution in [0.25, 0.3) is 0 Å². The van der Waals surface area contributed by atoms with E-state index >= 15 is 0 Å². The van der Waals surface area contributed by atoms with Gasteiger partial charge in [0, 0.05) is 18.7 Å². The first-order chi connectivity index (χ1) is 13.9. The minimum absolute atomic E-state index is 0.139. The zero-order valence-electron chi connectivity index (χ0n) is 16.7. The van der Waals surface area contributed by atoms with Gasteiger partial charge in [0.2, 0.25) is 0 Å². The van der Waals surface area contributed by atoms with Crippen LogP contribution in [0.5, 0.6) is 5.75 Å². The first kappa shape index (κ1) is 19.8. The first-order valence-electron chi connectivity index (χ1n) is 9.92. The highest BCUT2D eigenvalue weighted by atomic mass is 32.2. The van der Waals surface area contributed by atoms with Crippen LogP contribution in [0.15, 0.2) is 53.4 Å². The lowest BCUT2D eigenvalue weighted by atomic mass is 9.95. The summed E-state index contributed by atoms with van der Waals surface area (Å²) in [4.78, 5) is 12.9. The molecule has 2 fully saturated rings. The summed E-state index contributed by atoms with van der Waals surface area (Å²) in [6.45, 7) is 0. The quantitative estimate of drug-likeness (QED) is 0.786. The van der Waals surface area contributed by atoms with Crippen LogP contribution in [-0.4, -0.2) is 34.5 Å². The Morgan fingerprint density at radius 2 is 1.86 bits per heavy atom. The highest BCUT2D eigenvalue weighted by Crippen LogP contribution is 2.44. The summed E-state index contributed by atoms with van der Waals surface area (Å²) in [5.41, 5.74) is 0.920. The van der Waals surface area contributed by atoms with Crippen LogP contribution in [-0.2, 0) is 10.0 Å². The van der Waals surface area contributed by atoms with Gasteiger partial charge in [-0.25, -0.2) is 8.42 Å². The molecule has 0 radical (unpaired) electrons. The molecule has 4 rings (SSSR count). The molecule has 0 saturated heterocycles. The summed E-state index contributed by atoms with van der Waals surface area (Å²) in [7, 11) is -0.720. The second kappa shape index (κ2) is 7.71. The molecule has 0 aliphatic heterocycles. The predicted molar refractivity (Wildman–Crippen MR) is 112 cm³/mol. The number of nitrogens with one attached hydrogen (secondary N) is 1. The van der Waals surface area contributed by atoms with Gasteiger partial charge in [-0.15, -0.1) is 0 Å². The summed E-state index contributed by atoms with van der Waals surface area (Å²) in [6, 6.07) is 13.2. The number of hydrogen-bond donors (Lipinski definition) is 1. The van der Waals surface area contributed by atoms with E-state index in [0.717, 1.165) is 12.3 Å². The summed E-state index contributed by atoms with van der Waals surface area (Å²) in [5.74, 6) is 1.79. The lowest BCUT2D eigenvalue weighted by Crippen LogP contribution is -2.38. The molecule has 2 bridgehead atoms. The number of hydrogen-bond acceptors (Lipinski definition) is 4. The van der Waals surface area contributed by atoms with Gasteiger partial charge >= 0.3 is 0 Å². The molecule has 1 amide bonds. The molecular weight excluding hydrogens is 388 g/mol. The SMILES string of the molecule is COc1ccc(S(=O)(=O)N(C)c2cccc(C(=O)N[C@@H]3CC4CCC3C4)c2)cc1. The molecule has 154 valence electrons. The topological polar surface area (TPSA) is 75.7 Å². The number of benzene rings is 2. The first-order valence-corrected chi connectivity index (χ1v) is 11.4. The summed E-state index contributed by atoms with van der Waals surface area (Å²) < 4.78 is 32.2. The van der Waals surface area contributed by atoms with E-state index in [2.05, 4.69) is 5.32 Å². The second-order valence-corrected chi connectivity index (χ2v) is 9.92. The van der Waals surface area contributed by atoms with E-state index in [1.54, 1.807) is 36.4 Å². The number of methoxy groups -OCH3 is 1. The molecule has 3 atom stereocenters. The summed E-state index contributed by atoms with van der Waals surface area (Å²) in [6.07, 6.45) is 4.74. The molecule has 2 aromatic rings. The molecule has 2 aliphatic carbocycles. The van der Waals surface area contributed by atoms with Crippen molar-refractivity contribution in [2.24, 2.45) is 11.8 Å². The van der Waals surface area contributed by atoms with Crippen molar-refractivity contribution < 1.29 is 17.9 Å². The van der Waals surface area contributed by atoms with Crippen molar-refractivity contribution in [3.05, 3.63) is 54.1 Å². The van der Waals surface area contributed by atoms with Gasteiger partial charge in [-0.05, 0) is 73.6 Å². The lowest BCUT2D eigenvalue weighted by Gasteiger charge is -2.23. The fraction of sp³-hybridized carbons (Fsp3) is 0.409. The third-order valence-corrected chi connectivity index (χ3v) is 8.04. The third-order valence-electron chi connectivity index (χ3n) is 6.24. The number of amides is 1. The van der Waals surface area contributed by atoms with Crippen molar-refractivity contribution in [1.82, 2.24) is 5.32 Å². The molecule has 2 saturated carbocycles. The van der Waals surface area contributed by atoms with E-state index in [0.29, 0.717) is 22.9 Å². The summed E-state index contributed by atoms with van der Waals surface area (Å²) in [5, 5.41) is 3.16. The van der Waals surface area contributed by atoms with Crippen molar-refractivity contribution in [2.45, 2.75) is 36.6 Å². The van der Waals surface area contributed by atoms with Crippen LogP contribution in [0.3, 0.4) is 0 Å². The number of rotatable bonds is 6. The maximum absolute atomic E-state index is 13.0. The van der Waals surface area contributed by atoms with Crippen LogP contribution in [0.2, 0.25) is 0 Å². The van der Waals surface area contributed by atoms with Crippen molar-refractivity contribution in [3.63, 3.8) is 0 Å². The number of fused-ring (bicyclic) bond motifs is 2. The van der Waals surface area contributed by atoms with Crippen molar-refractivity contribution >= 4 is 21.6 Å². The van der Waals surface area contributed by atoms with Crippen LogP contribution in [0.1, 0.15) is 36.0 Å². The largest absolute Gasteiger partial charge is 0.497 e. The second-order valence-electron chi connectivity index (χ2n) is 7.95. The molecule has 2 aromatic carbocycles. The minimum atomic E-state index is -3.74. The van der Waals surface area contributed by atoms with E-state index in [1.807, 2.05) is 0 Å². The number of ether oxygens (including phenoxy) is 1. The van der Waals surface area contributed by atoms with E-state index in [-0.39, 0.29) is 16.8 Å². The van der Waals surface area contributed by atoms with Gasteiger partial charge in [0.1, 0.15) is 5.75 Å². The van der Waals surface area contributed by atoms with Gasteiger partial charge in [-0.2, -0.15) is 0 Å². The molecule has 29 heavy (non-hydrogen) atoms. The van der Waals surface area contributed by atoms with Crippen molar-refractivity contribution in [1.29, 1.82) is 0 Å². The van der Waals surface area contributed by atoms with Gasteiger partial charge in [0.15, 0.2) is 0 Å². The Morgan fingerprint density at radius 1 is 1.10 bits per heavy atom. The van der Waals surface area contributed by atoms with Gasteiger partial charge in [0.05, 0.1) is 17.7 Å². The van der Waals surface area contributed by atoms with Gasteiger partial charge < -0.3 is 10.1 Å². The molecule has 1 N–H and O–H groups in total. The number of sulfonamides is 1. The van der Waals surface area contributed by atoms with Crippen LogP contribution >= 0.6 is 0 Å². The maximum atomic E-state index is 13.0. The molecule has 0 aromatic heterocycles. The van der Waals surface area contributed by atoms with Crippen LogP contribution < -0.4 is 14.4 Å². The Kier molecular flexibility index (Phi) is 5.25. The Labute approximate surface area is 171 Å². The van der Waals surface area contributed by atoms with E-state index in [1.165, 1.54) is 49.9 Å². The molecule has 0 spiro atoms. The highest BCUT2D eigenvalue weighted by molar-refractivity contribution is 7.92. The highest BCUT2D eigenvalue weighted by Gasteiger charge is 2.40. The molecule has 6 nitrogen and oxygen atoms in total. The number of carbonyl (C=O) groups is 1. The molecular formula is C22H26N2O4S. The van der Waals surface area contributed by atoms with Gasteiger partial charge in [-0.1, -0.05) is 12.5 Å². The average molecular weight is 415 g/mol. The fourth-order valence-electron chi connectivity index (χ4n) is 4.56. The van der Waals surface area contributed by atoms with Crippen LogP contribution in [0.4, 0.5) is 5.69 Å². The van der Waals surface area contributed by atoms with Crippen LogP contribution in [0, 0.1) is 11.8 Å². The smallest absolute Gasteiger partial charge is 0.264 e. The third kappa shape index (κ3) is 3.83. The Morgan fingerprint density at radius 3 is 2.48 bits per heavy atom. The average Bonchev–Trinajstić information content (AvgIpc) is 3.36. The minimum Gasteiger partial charge on any atom is -0.497 e. The van der Waals surface area contributed by atoms with Crippen molar-refractivity contribution in [2.75, 3.05) is 18.5 Å². The molecule has 2 aliphatic rings. The van der Waals surface area contributed by atoms with Crippen molar-refractivity contribution in [3.8, 4) is 5.75 Å². The Bertz CT molecular complexity index is 1000. The van der Waals surface area contributed by atoms with Gasteiger partial charge in [0.25, 0.3) is 15.9 Å². The fourth-order valence-corrected chi connectivity index (χ4v) is 5.75. The van der Waals surface area contributed by atoms with E-state index in [9.17, 15) is 13.2 Å². The lowest BCUT2D eigenvalue weighted by molar-refractivity contribution is 0.0923.